The van der Waals surface area contributed by atoms with Gasteiger partial charge in [0.15, 0.2) is 0 Å². The zero-order valence-electron chi connectivity index (χ0n) is 16.0. The number of hydrogen-bond donors (Lipinski definition) is 2. The molecule has 0 spiro atoms. The molecule has 5 nitrogen and oxygen atoms in total. The van der Waals surface area contributed by atoms with E-state index in [2.05, 4.69) is 27.5 Å². The van der Waals surface area contributed by atoms with Crippen molar-refractivity contribution in [2.75, 3.05) is 17.2 Å². The minimum atomic E-state index is -0.248. The number of halogens is 1. The van der Waals surface area contributed by atoms with Crippen LogP contribution in [0, 0.1) is 12.7 Å². The van der Waals surface area contributed by atoms with Gasteiger partial charge in [-0.15, -0.1) is 0 Å². The monoisotopic (exact) mass is 378 g/mol. The third-order valence-electron chi connectivity index (χ3n) is 4.53. The Hall–Kier alpha value is -3.28. The number of anilines is 2. The summed E-state index contributed by atoms with van der Waals surface area (Å²) in [6.45, 7) is 4.51. The van der Waals surface area contributed by atoms with Crippen LogP contribution in [0.5, 0.6) is 0 Å². The molecule has 0 saturated carbocycles. The van der Waals surface area contributed by atoms with Gasteiger partial charge in [-0.2, -0.15) is 0 Å². The van der Waals surface area contributed by atoms with Crippen molar-refractivity contribution in [1.29, 1.82) is 0 Å². The summed E-state index contributed by atoms with van der Waals surface area (Å²) in [4.78, 5) is 20.9. The molecule has 6 heteroatoms. The third kappa shape index (κ3) is 4.71. The Morgan fingerprint density at radius 3 is 2.46 bits per heavy atom. The molecule has 0 saturated heterocycles. The van der Waals surface area contributed by atoms with E-state index in [1.165, 1.54) is 18.5 Å². The lowest BCUT2D eigenvalue weighted by atomic mass is 10.1. The molecular weight excluding hydrogens is 355 g/mol. The van der Waals surface area contributed by atoms with Gasteiger partial charge in [-0.25, -0.2) is 14.4 Å². The van der Waals surface area contributed by atoms with Crippen LogP contribution < -0.4 is 10.6 Å². The molecule has 2 N–H and O–H groups in total. The van der Waals surface area contributed by atoms with E-state index >= 15 is 0 Å². The Balaban J connectivity index is 1.60. The molecule has 0 aliphatic carbocycles. The minimum Gasteiger partial charge on any atom is -0.354 e. The largest absolute Gasteiger partial charge is 0.354 e. The van der Waals surface area contributed by atoms with Crippen molar-refractivity contribution >= 4 is 17.5 Å². The van der Waals surface area contributed by atoms with Crippen molar-refractivity contribution < 1.29 is 9.18 Å². The highest BCUT2D eigenvalue weighted by atomic mass is 19.1. The van der Waals surface area contributed by atoms with Crippen molar-refractivity contribution in [1.82, 2.24) is 9.97 Å². The van der Waals surface area contributed by atoms with Crippen molar-refractivity contribution in [2.24, 2.45) is 0 Å². The summed E-state index contributed by atoms with van der Waals surface area (Å²) >= 11 is 0. The maximum Gasteiger partial charge on any atom is 0.258 e. The Morgan fingerprint density at radius 1 is 1.04 bits per heavy atom. The summed E-state index contributed by atoms with van der Waals surface area (Å²) in [6.07, 6.45) is 4.32. The number of para-hydroxylation sites is 1. The standard InChI is InChI=1S/C22H23FN4O/c1-3-16-9-6-7-15(2)20(16)27-21(28)18-13-25-22(26-14-18)24-12-11-17-8-4-5-10-19(17)23/h4-10,13-14H,3,11-12H2,1-2H3,(H,27,28)(H,24,25,26). The molecule has 1 aromatic heterocycles. The Kier molecular flexibility index (Phi) is 6.32. The van der Waals surface area contributed by atoms with Gasteiger partial charge in [-0.1, -0.05) is 43.3 Å². The average molecular weight is 378 g/mol. The van der Waals surface area contributed by atoms with Gasteiger partial charge in [0, 0.05) is 24.6 Å². The van der Waals surface area contributed by atoms with E-state index < -0.39 is 0 Å². The summed E-state index contributed by atoms with van der Waals surface area (Å²) in [6, 6.07) is 12.6. The second-order valence-corrected chi connectivity index (χ2v) is 6.48. The van der Waals surface area contributed by atoms with Crippen molar-refractivity contribution in [3.8, 4) is 0 Å². The molecule has 0 aliphatic heterocycles. The van der Waals surface area contributed by atoms with Gasteiger partial charge >= 0.3 is 0 Å². The van der Waals surface area contributed by atoms with E-state index in [0.717, 1.165) is 23.2 Å². The molecule has 1 amide bonds. The number of aryl methyl sites for hydroxylation is 2. The summed E-state index contributed by atoms with van der Waals surface area (Å²) in [5, 5.41) is 6.00. The molecular formula is C22H23FN4O. The van der Waals surface area contributed by atoms with Crippen LogP contribution in [0.15, 0.2) is 54.9 Å². The number of hydrogen-bond acceptors (Lipinski definition) is 4. The second kappa shape index (κ2) is 9.08. The van der Waals surface area contributed by atoms with Crippen molar-refractivity contribution in [2.45, 2.75) is 26.7 Å². The lowest BCUT2D eigenvalue weighted by molar-refractivity contribution is 0.102. The van der Waals surface area contributed by atoms with Crippen LogP contribution in [0.4, 0.5) is 16.0 Å². The molecule has 0 atom stereocenters. The minimum absolute atomic E-state index is 0.222. The first-order valence-corrected chi connectivity index (χ1v) is 9.27. The number of aromatic nitrogens is 2. The SMILES string of the molecule is CCc1cccc(C)c1NC(=O)c1cnc(NCCc2ccccc2F)nc1. The molecule has 3 rings (SSSR count). The second-order valence-electron chi connectivity index (χ2n) is 6.48. The van der Waals surface area contributed by atoms with Crippen LogP contribution in [0.2, 0.25) is 0 Å². The van der Waals surface area contributed by atoms with Crippen LogP contribution in [-0.4, -0.2) is 22.4 Å². The fourth-order valence-corrected chi connectivity index (χ4v) is 2.93. The summed E-state index contributed by atoms with van der Waals surface area (Å²) < 4.78 is 13.6. The maximum atomic E-state index is 13.6. The van der Waals surface area contributed by atoms with Gasteiger partial charge < -0.3 is 10.6 Å². The molecule has 0 bridgehead atoms. The highest BCUT2D eigenvalue weighted by molar-refractivity contribution is 6.04. The van der Waals surface area contributed by atoms with Gasteiger partial charge in [-0.05, 0) is 42.5 Å². The van der Waals surface area contributed by atoms with E-state index in [9.17, 15) is 9.18 Å². The Labute approximate surface area is 164 Å². The molecule has 2 aromatic carbocycles. The van der Waals surface area contributed by atoms with E-state index in [1.54, 1.807) is 18.2 Å². The number of nitrogens with one attached hydrogen (secondary N) is 2. The predicted octanol–water partition coefficient (Wildman–Crippen LogP) is 4.39. The van der Waals surface area contributed by atoms with Crippen LogP contribution in [0.3, 0.4) is 0 Å². The highest BCUT2D eigenvalue weighted by Gasteiger charge is 2.12. The first-order chi connectivity index (χ1) is 13.6. The molecule has 0 radical (unpaired) electrons. The van der Waals surface area contributed by atoms with E-state index in [1.807, 2.05) is 25.1 Å². The van der Waals surface area contributed by atoms with E-state index in [0.29, 0.717) is 30.0 Å². The van der Waals surface area contributed by atoms with Crippen LogP contribution in [-0.2, 0) is 12.8 Å². The zero-order chi connectivity index (χ0) is 19.9. The normalized spacial score (nSPS) is 10.5. The lowest BCUT2D eigenvalue weighted by Gasteiger charge is -2.13. The van der Waals surface area contributed by atoms with Crippen LogP contribution in [0.1, 0.15) is 34.0 Å². The number of carbonyl (C=O) groups is 1. The highest BCUT2D eigenvalue weighted by Crippen LogP contribution is 2.21. The summed E-state index contributed by atoms with van der Waals surface area (Å²) in [7, 11) is 0. The average Bonchev–Trinajstić information content (AvgIpc) is 2.71. The first-order valence-electron chi connectivity index (χ1n) is 9.27. The van der Waals surface area contributed by atoms with Gasteiger partial charge in [0.05, 0.1) is 5.56 Å². The molecule has 28 heavy (non-hydrogen) atoms. The Morgan fingerprint density at radius 2 is 1.75 bits per heavy atom. The van der Waals surface area contributed by atoms with Crippen molar-refractivity contribution in [3.05, 3.63) is 82.9 Å². The van der Waals surface area contributed by atoms with Gasteiger partial charge in [0.2, 0.25) is 5.95 Å². The number of nitrogens with zero attached hydrogens (tertiary/aromatic N) is 2. The number of amides is 1. The van der Waals surface area contributed by atoms with Gasteiger partial charge in [0.1, 0.15) is 5.82 Å². The van der Waals surface area contributed by atoms with Crippen LogP contribution in [0.25, 0.3) is 0 Å². The smallest absolute Gasteiger partial charge is 0.258 e. The Bertz CT molecular complexity index is 957. The molecule has 3 aromatic rings. The summed E-state index contributed by atoms with van der Waals surface area (Å²) in [5.41, 5.74) is 3.95. The van der Waals surface area contributed by atoms with E-state index in [4.69, 9.17) is 0 Å². The van der Waals surface area contributed by atoms with E-state index in [-0.39, 0.29) is 11.7 Å². The maximum absolute atomic E-state index is 13.6. The lowest BCUT2D eigenvalue weighted by Crippen LogP contribution is -2.16. The fourth-order valence-electron chi connectivity index (χ4n) is 2.93. The van der Waals surface area contributed by atoms with Crippen LogP contribution >= 0.6 is 0 Å². The first kappa shape index (κ1) is 19.5. The molecule has 1 heterocycles. The van der Waals surface area contributed by atoms with Crippen molar-refractivity contribution in [3.63, 3.8) is 0 Å². The molecule has 0 unspecified atom stereocenters. The molecule has 0 fully saturated rings. The topological polar surface area (TPSA) is 66.9 Å². The number of carbonyl (C=O) groups excluding carboxylic acids is 1. The fraction of sp³-hybridized carbons (Fsp3) is 0.227. The van der Waals surface area contributed by atoms with Gasteiger partial charge in [-0.3, -0.25) is 4.79 Å². The molecule has 0 aliphatic rings. The van der Waals surface area contributed by atoms with Gasteiger partial charge in [0.25, 0.3) is 5.91 Å². The number of benzene rings is 2. The zero-order valence-corrected chi connectivity index (χ0v) is 16.0. The number of rotatable bonds is 7. The summed E-state index contributed by atoms with van der Waals surface area (Å²) in [5.74, 6) is -0.0696. The quantitative estimate of drug-likeness (QED) is 0.640. The predicted molar refractivity (Wildman–Crippen MR) is 109 cm³/mol. The molecule has 144 valence electrons. The third-order valence-corrected chi connectivity index (χ3v) is 4.53.